The van der Waals surface area contributed by atoms with Crippen molar-refractivity contribution in [1.82, 2.24) is 0 Å². The second-order valence-corrected chi connectivity index (χ2v) is 4.56. The van der Waals surface area contributed by atoms with Gasteiger partial charge in [-0.25, -0.2) is 0 Å². The van der Waals surface area contributed by atoms with Crippen LogP contribution in [0.4, 0.5) is 0 Å². The number of carboxylic acids is 1. The highest BCUT2D eigenvalue weighted by molar-refractivity contribution is 5.67. The number of benzene rings is 1. The van der Waals surface area contributed by atoms with E-state index in [9.17, 15) is 4.79 Å². The first-order valence-corrected chi connectivity index (χ1v) is 6.08. The molecule has 1 aromatic rings. The molecule has 2 nitrogen and oxygen atoms in total. The van der Waals surface area contributed by atoms with E-state index < -0.39 is 5.97 Å². The van der Waals surface area contributed by atoms with Gasteiger partial charge in [0, 0.05) is 6.42 Å². The Morgan fingerprint density at radius 1 is 1.12 bits per heavy atom. The van der Waals surface area contributed by atoms with Crippen LogP contribution in [0.15, 0.2) is 18.2 Å². The van der Waals surface area contributed by atoms with Crippen LogP contribution in [0, 0.1) is 0 Å². The molecule has 16 heavy (non-hydrogen) atoms. The van der Waals surface area contributed by atoms with Crippen LogP contribution in [-0.4, -0.2) is 11.1 Å². The summed E-state index contributed by atoms with van der Waals surface area (Å²) in [5, 5.41) is 8.66. The molecule has 1 N–H and O–H groups in total. The van der Waals surface area contributed by atoms with Gasteiger partial charge in [-0.05, 0) is 48.8 Å². The molecule has 0 aliphatic heterocycles. The van der Waals surface area contributed by atoms with Crippen LogP contribution in [-0.2, 0) is 24.1 Å². The molecule has 1 aliphatic rings. The van der Waals surface area contributed by atoms with E-state index >= 15 is 0 Å². The molecule has 0 radical (unpaired) electrons. The minimum Gasteiger partial charge on any atom is -0.481 e. The second kappa shape index (κ2) is 5.15. The number of aliphatic carboxylic acids is 1. The summed E-state index contributed by atoms with van der Waals surface area (Å²) in [7, 11) is 0. The second-order valence-electron chi connectivity index (χ2n) is 4.56. The molecule has 0 amide bonds. The highest BCUT2D eigenvalue weighted by atomic mass is 16.4. The van der Waals surface area contributed by atoms with Crippen LogP contribution in [0.2, 0.25) is 0 Å². The first-order valence-electron chi connectivity index (χ1n) is 6.08. The fourth-order valence-corrected chi connectivity index (χ4v) is 2.37. The molecule has 1 aliphatic carbocycles. The number of fused-ring (bicyclic) bond motifs is 1. The van der Waals surface area contributed by atoms with Gasteiger partial charge in [0.1, 0.15) is 0 Å². The van der Waals surface area contributed by atoms with Crippen LogP contribution >= 0.6 is 0 Å². The molecular formula is C14H18O2. The van der Waals surface area contributed by atoms with Crippen molar-refractivity contribution in [1.29, 1.82) is 0 Å². The van der Waals surface area contributed by atoms with E-state index in [4.69, 9.17) is 5.11 Å². The first kappa shape index (κ1) is 11.2. The number of carbonyl (C=O) groups is 1. The number of hydrogen-bond donors (Lipinski definition) is 1. The molecule has 0 bridgehead atoms. The smallest absolute Gasteiger partial charge is 0.303 e. The molecule has 2 heteroatoms. The van der Waals surface area contributed by atoms with Crippen molar-refractivity contribution in [2.45, 2.75) is 44.9 Å². The third-order valence-corrected chi connectivity index (χ3v) is 3.29. The van der Waals surface area contributed by atoms with Gasteiger partial charge in [-0.15, -0.1) is 0 Å². The lowest BCUT2D eigenvalue weighted by Gasteiger charge is -2.08. The zero-order chi connectivity index (χ0) is 11.4. The fraction of sp³-hybridized carbons (Fsp3) is 0.500. The van der Waals surface area contributed by atoms with E-state index in [1.165, 1.54) is 42.4 Å². The van der Waals surface area contributed by atoms with Gasteiger partial charge in [-0.3, -0.25) is 4.79 Å². The maximum atomic E-state index is 10.5. The third kappa shape index (κ3) is 2.84. The van der Waals surface area contributed by atoms with Crippen molar-refractivity contribution in [3.05, 3.63) is 34.9 Å². The fourth-order valence-electron chi connectivity index (χ4n) is 2.37. The summed E-state index contributed by atoms with van der Waals surface area (Å²) in [6, 6.07) is 6.49. The number of hydrogen-bond acceptors (Lipinski definition) is 1. The number of carboxylic acid groups (broad SMARTS) is 1. The van der Waals surface area contributed by atoms with E-state index in [0.717, 1.165) is 6.42 Å². The van der Waals surface area contributed by atoms with E-state index in [0.29, 0.717) is 6.42 Å². The van der Waals surface area contributed by atoms with Gasteiger partial charge in [0.2, 0.25) is 0 Å². The van der Waals surface area contributed by atoms with Crippen molar-refractivity contribution < 1.29 is 9.90 Å². The average molecular weight is 218 g/mol. The van der Waals surface area contributed by atoms with Gasteiger partial charge in [0.25, 0.3) is 0 Å². The zero-order valence-electron chi connectivity index (χ0n) is 9.54. The van der Waals surface area contributed by atoms with Gasteiger partial charge >= 0.3 is 5.97 Å². The van der Waals surface area contributed by atoms with Crippen LogP contribution in [0.1, 0.15) is 42.4 Å². The molecule has 0 saturated carbocycles. The molecule has 0 spiro atoms. The Labute approximate surface area is 96.3 Å². The minimum atomic E-state index is -0.713. The van der Waals surface area contributed by atoms with Crippen molar-refractivity contribution in [2.75, 3.05) is 0 Å². The zero-order valence-corrected chi connectivity index (χ0v) is 9.54. The van der Waals surface area contributed by atoms with E-state index in [1.807, 2.05) is 0 Å². The summed E-state index contributed by atoms with van der Waals surface area (Å²) >= 11 is 0. The molecule has 86 valence electrons. The highest BCUT2D eigenvalue weighted by Gasteiger charge is 2.08. The number of rotatable bonds is 3. The predicted molar refractivity (Wildman–Crippen MR) is 63.7 cm³/mol. The standard InChI is InChI=1S/C14H18O2/c15-14(16)9-7-11-6-8-12-4-2-1-3-5-13(12)10-11/h6,8,10H,1-5,7,9H2,(H,15,16). The number of aryl methyl sites for hydroxylation is 3. The lowest BCUT2D eigenvalue weighted by molar-refractivity contribution is -0.136. The van der Waals surface area contributed by atoms with Gasteiger partial charge in [0.05, 0.1) is 0 Å². The summed E-state index contributed by atoms with van der Waals surface area (Å²) in [6.45, 7) is 0. The quantitative estimate of drug-likeness (QED) is 0.792. The van der Waals surface area contributed by atoms with Crippen molar-refractivity contribution >= 4 is 5.97 Å². The van der Waals surface area contributed by atoms with Crippen LogP contribution in [0.5, 0.6) is 0 Å². The minimum absolute atomic E-state index is 0.235. The molecule has 0 fully saturated rings. The Morgan fingerprint density at radius 2 is 1.88 bits per heavy atom. The van der Waals surface area contributed by atoms with Crippen LogP contribution < -0.4 is 0 Å². The molecule has 0 saturated heterocycles. The monoisotopic (exact) mass is 218 g/mol. The van der Waals surface area contributed by atoms with Crippen molar-refractivity contribution in [3.63, 3.8) is 0 Å². The van der Waals surface area contributed by atoms with Gasteiger partial charge in [-0.2, -0.15) is 0 Å². The summed E-state index contributed by atoms with van der Waals surface area (Å²) in [6.07, 6.45) is 7.13. The molecule has 0 unspecified atom stereocenters. The Balaban J connectivity index is 2.11. The SMILES string of the molecule is O=C(O)CCc1ccc2c(c1)CCCCC2. The summed E-state index contributed by atoms with van der Waals surface area (Å²) in [5.41, 5.74) is 4.08. The lowest BCUT2D eigenvalue weighted by Crippen LogP contribution is -1.99. The van der Waals surface area contributed by atoms with Crippen molar-refractivity contribution in [2.24, 2.45) is 0 Å². The Bertz CT molecular complexity index is 382. The molecule has 2 rings (SSSR count). The summed E-state index contributed by atoms with van der Waals surface area (Å²) in [4.78, 5) is 10.5. The Morgan fingerprint density at radius 3 is 2.62 bits per heavy atom. The van der Waals surface area contributed by atoms with Crippen LogP contribution in [0.3, 0.4) is 0 Å². The van der Waals surface area contributed by atoms with Gasteiger partial charge < -0.3 is 5.11 Å². The first-order chi connectivity index (χ1) is 7.75. The maximum absolute atomic E-state index is 10.5. The van der Waals surface area contributed by atoms with Crippen LogP contribution in [0.25, 0.3) is 0 Å². The van der Waals surface area contributed by atoms with E-state index in [-0.39, 0.29) is 6.42 Å². The van der Waals surface area contributed by atoms with E-state index in [2.05, 4.69) is 18.2 Å². The average Bonchev–Trinajstić information content (AvgIpc) is 2.50. The molecule has 0 heterocycles. The maximum Gasteiger partial charge on any atom is 0.303 e. The Kier molecular flexibility index (Phi) is 3.60. The molecule has 0 atom stereocenters. The van der Waals surface area contributed by atoms with E-state index in [1.54, 1.807) is 0 Å². The molecular weight excluding hydrogens is 200 g/mol. The highest BCUT2D eigenvalue weighted by Crippen LogP contribution is 2.22. The largest absolute Gasteiger partial charge is 0.481 e. The summed E-state index contributed by atoms with van der Waals surface area (Å²) < 4.78 is 0. The molecule has 1 aromatic carbocycles. The third-order valence-electron chi connectivity index (χ3n) is 3.29. The topological polar surface area (TPSA) is 37.3 Å². The summed E-state index contributed by atoms with van der Waals surface area (Å²) in [5.74, 6) is -0.713. The Hall–Kier alpha value is -1.31. The van der Waals surface area contributed by atoms with Gasteiger partial charge in [0.15, 0.2) is 0 Å². The normalized spacial score (nSPS) is 15.2. The van der Waals surface area contributed by atoms with Gasteiger partial charge in [-0.1, -0.05) is 24.6 Å². The predicted octanol–water partition coefficient (Wildman–Crippen LogP) is 2.97. The molecule has 0 aromatic heterocycles. The lowest BCUT2D eigenvalue weighted by atomic mass is 9.98. The van der Waals surface area contributed by atoms with Crippen molar-refractivity contribution in [3.8, 4) is 0 Å².